The molecule has 0 amide bonds. The highest BCUT2D eigenvalue weighted by atomic mass is 14.5. The Labute approximate surface area is 114 Å². The molecule has 0 aromatic carbocycles. The zero-order chi connectivity index (χ0) is 13.6. The van der Waals surface area contributed by atoms with Crippen molar-refractivity contribution in [3.8, 4) is 11.8 Å². The molecule has 0 spiro atoms. The van der Waals surface area contributed by atoms with E-state index < -0.39 is 0 Å². The normalized spacial score (nSPS) is 13.5. The third-order valence-corrected chi connectivity index (χ3v) is 3.49. The Morgan fingerprint density at radius 1 is 1.11 bits per heavy atom. The molecule has 0 saturated heterocycles. The van der Waals surface area contributed by atoms with Crippen molar-refractivity contribution in [2.45, 2.75) is 65.2 Å². The molecule has 2 unspecified atom stereocenters. The van der Waals surface area contributed by atoms with Crippen LogP contribution in [0.1, 0.15) is 65.2 Å². The maximum atomic E-state index is 5.32. The molecule has 0 aromatic heterocycles. The fourth-order valence-corrected chi connectivity index (χ4v) is 2.32. The molecule has 2 N–H and O–H groups in total. The van der Waals surface area contributed by atoms with E-state index in [1.54, 1.807) is 0 Å². The van der Waals surface area contributed by atoms with Crippen molar-refractivity contribution in [1.82, 2.24) is 0 Å². The summed E-state index contributed by atoms with van der Waals surface area (Å²) in [5, 5.41) is 0. The number of hydrogen-bond donors (Lipinski definition) is 1. The zero-order valence-corrected chi connectivity index (χ0v) is 12.4. The number of allylic oxidation sites excluding steroid dienone is 1. The minimum atomic E-state index is 0.496. The van der Waals surface area contributed by atoms with Crippen molar-refractivity contribution in [2.24, 2.45) is 17.6 Å². The first-order valence-corrected chi connectivity index (χ1v) is 7.52. The van der Waals surface area contributed by atoms with Gasteiger partial charge in [0.15, 0.2) is 0 Å². The van der Waals surface area contributed by atoms with Crippen LogP contribution in [0.5, 0.6) is 0 Å². The standard InChI is InChI=1S/C17H31N/c1-4-11-17(5-2)14-10-13-16(3)12-8-6-7-9-15-18/h5,16-17H,2,4,6,8,10-15,18H2,1,3H3. The van der Waals surface area contributed by atoms with E-state index in [0.717, 1.165) is 18.3 Å². The maximum absolute atomic E-state index is 5.32. The summed E-state index contributed by atoms with van der Waals surface area (Å²) in [4.78, 5) is 0. The van der Waals surface area contributed by atoms with Crippen molar-refractivity contribution in [3.63, 3.8) is 0 Å². The first-order chi connectivity index (χ1) is 8.74. The second-order valence-corrected chi connectivity index (χ2v) is 5.27. The molecule has 2 atom stereocenters. The van der Waals surface area contributed by atoms with Gasteiger partial charge in [0.25, 0.3) is 0 Å². The zero-order valence-electron chi connectivity index (χ0n) is 12.4. The predicted molar refractivity (Wildman–Crippen MR) is 82.3 cm³/mol. The highest BCUT2D eigenvalue weighted by Crippen LogP contribution is 2.20. The molecular weight excluding hydrogens is 218 g/mol. The second-order valence-electron chi connectivity index (χ2n) is 5.27. The quantitative estimate of drug-likeness (QED) is 0.344. The van der Waals surface area contributed by atoms with Crippen molar-refractivity contribution < 1.29 is 0 Å². The van der Waals surface area contributed by atoms with Gasteiger partial charge in [0.2, 0.25) is 0 Å². The first kappa shape index (κ1) is 17.3. The smallest absolute Gasteiger partial charge is 0.0551 e. The van der Waals surface area contributed by atoms with Gasteiger partial charge in [-0.25, -0.2) is 0 Å². The summed E-state index contributed by atoms with van der Waals surface area (Å²) in [6.45, 7) is 9.04. The van der Waals surface area contributed by atoms with E-state index >= 15 is 0 Å². The summed E-state index contributed by atoms with van der Waals surface area (Å²) >= 11 is 0. The van der Waals surface area contributed by atoms with Crippen LogP contribution < -0.4 is 5.73 Å². The summed E-state index contributed by atoms with van der Waals surface area (Å²) in [5.41, 5.74) is 5.32. The Hall–Kier alpha value is -0.740. The van der Waals surface area contributed by atoms with Gasteiger partial charge >= 0.3 is 0 Å². The molecule has 0 aromatic rings. The lowest BCUT2D eigenvalue weighted by Gasteiger charge is -2.14. The lowest BCUT2D eigenvalue weighted by molar-refractivity contribution is 0.423. The van der Waals surface area contributed by atoms with Gasteiger partial charge in [-0.15, -0.1) is 12.5 Å². The molecule has 0 fully saturated rings. The van der Waals surface area contributed by atoms with Crippen LogP contribution in [0.2, 0.25) is 0 Å². The van der Waals surface area contributed by atoms with Crippen LogP contribution >= 0.6 is 0 Å². The predicted octanol–water partition coefficient (Wildman–Crippen LogP) is 4.53. The van der Waals surface area contributed by atoms with Crippen LogP contribution in [0.3, 0.4) is 0 Å². The number of rotatable bonds is 10. The van der Waals surface area contributed by atoms with E-state index in [2.05, 4.69) is 38.3 Å². The van der Waals surface area contributed by atoms with Gasteiger partial charge in [-0.05, 0) is 37.5 Å². The highest BCUT2D eigenvalue weighted by Gasteiger charge is 2.05. The summed E-state index contributed by atoms with van der Waals surface area (Å²) in [5.74, 6) is 7.59. The van der Waals surface area contributed by atoms with Gasteiger partial charge in [0.05, 0.1) is 6.54 Å². The van der Waals surface area contributed by atoms with Crippen LogP contribution in [0.15, 0.2) is 12.7 Å². The largest absolute Gasteiger partial charge is 0.320 e. The second kappa shape index (κ2) is 12.7. The fourth-order valence-electron chi connectivity index (χ4n) is 2.32. The average molecular weight is 249 g/mol. The molecule has 0 aliphatic heterocycles. The molecule has 0 bridgehead atoms. The van der Waals surface area contributed by atoms with Crippen molar-refractivity contribution in [2.75, 3.05) is 6.54 Å². The van der Waals surface area contributed by atoms with Crippen molar-refractivity contribution in [1.29, 1.82) is 0 Å². The van der Waals surface area contributed by atoms with E-state index in [4.69, 9.17) is 5.73 Å². The highest BCUT2D eigenvalue weighted by molar-refractivity contribution is 4.99. The minimum Gasteiger partial charge on any atom is -0.320 e. The Morgan fingerprint density at radius 3 is 2.44 bits per heavy atom. The van der Waals surface area contributed by atoms with Gasteiger partial charge in [-0.2, -0.15) is 0 Å². The van der Waals surface area contributed by atoms with Crippen LogP contribution in [-0.4, -0.2) is 6.54 Å². The lowest BCUT2D eigenvalue weighted by Crippen LogP contribution is -1.99. The Kier molecular flexibility index (Phi) is 12.2. The number of hydrogen-bond acceptors (Lipinski definition) is 1. The van der Waals surface area contributed by atoms with Crippen molar-refractivity contribution in [3.05, 3.63) is 12.7 Å². The topological polar surface area (TPSA) is 26.0 Å². The summed E-state index contributed by atoms with van der Waals surface area (Å²) in [6.07, 6.45) is 12.2. The maximum Gasteiger partial charge on any atom is 0.0551 e. The third kappa shape index (κ3) is 10.4. The number of unbranched alkanes of at least 4 members (excludes halogenated alkanes) is 1. The van der Waals surface area contributed by atoms with Gasteiger partial charge in [0, 0.05) is 6.42 Å². The van der Waals surface area contributed by atoms with Crippen LogP contribution in [0.4, 0.5) is 0 Å². The molecule has 18 heavy (non-hydrogen) atoms. The average Bonchev–Trinajstić information content (AvgIpc) is 2.37. The molecule has 0 aliphatic rings. The summed E-state index contributed by atoms with van der Waals surface area (Å²) in [6, 6.07) is 0. The van der Waals surface area contributed by atoms with Crippen molar-refractivity contribution >= 4 is 0 Å². The van der Waals surface area contributed by atoms with Gasteiger partial charge in [-0.1, -0.05) is 45.1 Å². The lowest BCUT2D eigenvalue weighted by atomic mass is 9.92. The number of nitrogens with two attached hydrogens (primary N) is 1. The van der Waals surface area contributed by atoms with Gasteiger partial charge in [0.1, 0.15) is 0 Å². The van der Waals surface area contributed by atoms with E-state index in [0.29, 0.717) is 6.54 Å². The van der Waals surface area contributed by atoms with Gasteiger partial charge < -0.3 is 5.73 Å². The molecule has 1 heteroatoms. The van der Waals surface area contributed by atoms with Crippen LogP contribution in [0.25, 0.3) is 0 Å². The van der Waals surface area contributed by atoms with E-state index in [1.165, 1.54) is 44.9 Å². The summed E-state index contributed by atoms with van der Waals surface area (Å²) in [7, 11) is 0. The molecule has 0 aliphatic carbocycles. The van der Waals surface area contributed by atoms with Crippen LogP contribution in [-0.2, 0) is 0 Å². The molecular formula is C17H31N. The fraction of sp³-hybridized carbons (Fsp3) is 0.765. The van der Waals surface area contributed by atoms with E-state index in [9.17, 15) is 0 Å². The van der Waals surface area contributed by atoms with Crippen LogP contribution in [0, 0.1) is 23.7 Å². The Morgan fingerprint density at radius 2 is 1.83 bits per heavy atom. The molecule has 0 heterocycles. The molecule has 0 radical (unpaired) electrons. The SMILES string of the molecule is C=CC(CCC)CCCC(C)CCCC#CCN. The van der Waals surface area contributed by atoms with E-state index in [-0.39, 0.29) is 0 Å². The van der Waals surface area contributed by atoms with E-state index in [1.807, 2.05) is 0 Å². The molecule has 0 saturated carbocycles. The summed E-state index contributed by atoms with van der Waals surface area (Å²) < 4.78 is 0. The Balaban J connectivity index is 3.51. The molecule has 1 nitrogen and oxygen atoms in total. The minimum absolute atomic E-state index is 0.496. The Bertz CT molecular complexity index is 246. The monoisotopic (exact) mass is 249 g/mol. The van der Waals surface area contributed by atoms with Gasteiger partial charge in [-0.3, -0.25) is 0 Å². The third-order valence-electron chi connectivity index (χ3n) is 3.49. The first-order valence-electron chi connectivity index (χ1n) is 7.52. The molecule has 104 valence electrons. The molecule has 0 rings (SSSR count).